The van der Waals surface area contributed by atoms with E-state index in [1.807, 2.05) is 6.92 Å². The minimum atomic E-state index is 0.539. The maximum atomic E-state index is 5.66. The van der Waals surface area contributed by atoms with Crippen molar-refractivity contribution in [3.8, 4) is 5.75 Å². The Bertz CT molecular complexity index is 388. The number of benzene rings is 1. The van der Waals surface area contributed by atoms with Gasteiger partial charge in [-0.2, -0.15) is 0 Å². The summed E-state index contributed by atoms with van der Waals surface area (Å²) in [5.74, 6) is 1.00. The van der Waals surface area contributed by atoms with E-state index in [0.29, 0.717) is 6.04 Å². The Morgan fingerprint density at radius 2 is 2.05 bits per heavy atom. The first-order valence-electron chi connectivity index (χ1n) is 8.02. The van der Waals surface area contributed by atoms with Crippen molar-refractivity contribution < 1.29 is 4.74 Å². The maximum absolute atomic E-state index is 5.66. The molecule has 2 rings (SSSR count). The molecule has 20 heavy (non-hydrogen) atoms. The van der Waals surface area contributed by atoms with Gasteiger partial charge in [-0.3, -0.25) is 4.90 Å². The summed E-state index contributed by atoms with van der Waals surface area (Å²) < 4.78 is 5.66. The zero-order valence-corrected chi connectivity index (χ0v) is 12.9. The Kier molecular flexibility index (Phi) is 6.34. The van der Waals surface area contributed by atoms with Gasteiger partial charge in [0.2, 0.25) is 0 Å². The molecule has 0 saturated carbocycles. The van der Waals surface area contributed by atoms with Crippen molar-refractivity contribution in [2.75, 3.05) is 32.8 Å². The van der Waals surface area contributed by atoms with E-state index in [4.69, 9.17) is 4.74 Å². The Labute approximate surface area is 123 Å². The van der Waals surface area contributed by atoms with E-state index in [1.54, 1.807) is 0 Å². The highest BCUT2D eigenvalue weighted by Gasteiger charge is 2.21. The van der Waals surface area contributed by atoms with Crippen molar-refractivity contribution in [1.82, 2.24) is 10.2 Å². The lowest BCUT2D eigenvalue weighted by atomic mass is 9.98. The molecule has 1 aromatic rings. The van der Waals surface area contributed by atoms with Crippen molar-refractivity contribution in [3.05, 3.63) is 29.8 Å². The molecule has 3 nitrogen and oxygen atoms in total. The molecule has 0 spiro atoms. The van der Waals surface area contributed by atoms with Crippen LogP contribution in [0.5, 0.6) is 5.75 Å². The average Bonchev–Trinajstić information content (AvgIpc) is 2.50. The van der Waals surface area contributed by atoms with Crippen molar-refractivity contribution >= 4 is 0 Å². The maximum Gasteiger partial charge on any atom is 0.119 e. The summed E-state index contributed by atoms with van der Waals surface area (Å²) in [6, 6.07) is 9.21. The fourth-order valence-electron chi connectivity index (χ4n) is 2.93. The van der Waals surface area contributed by atoms with Gasteiger partial charge in [0.15, 0.2) is 0 Å². The molecule has 1 heterocycles. The first-order valence-corrected chi connectivity index (χ1v) is 8.02. The van der Waals surface area contributed by atoms with Gasteiger partial charge in [-0.1, -0.05) is 31.9 Å². The largest absolute Gasteiger partial charge is 0.494 e. The first kappa shape index (κ1) is 15.3. The number of nitrogens with zero attached hydrogens (tertiary/aromatic N) is 1. The zero-order valence-electron chi connectivity index (χ0n) is 12.9. The second kappa shape index (κ2) is 8.28. The highest BCUT2D eigenvalue weighted by Crippen LogP contribution is 2.29. The zero-order chi connectivity index (χ0) is 14.2. The molecule has 0 aromatic heterocycles. The molecule has 0 amide bonds. The number of rotatable bonds is 7. The number of nitrogens with one attached hydrogen (secondary N) is 1. The molecule has 1 atom stereocenters. The highest BCUT2D eigenvalue weighted by molar-refractivity contribution is 5.30. The average molecular weight is 276 g/mol. The fourth-order valence-corrected chi connectivity index (χ4v) is 2.93. The summed E-state index contributed by atoms with van der Waals surface area (Å²) in [6.45, 7) is 9.54. The molecule has 1 N–H and O–H groups in total. The summed E-state index contributed by atoms with van der Waals surface area (Å²) >= 11 is 0. The lowest BCUT2D eigenvalue weighted by Crippen LogP contribution is -2.45. The summed E-state index contributed by atoms with van der Waals surface area (Å²) in [5, 5.41) is 3.44. The molecule has 1 saturated heterocycles. The van der Waals surface area contributed by atoms with Crippen molar-refractivity contribution in [1.29, 1.82) is 0 Å². The van der Waals surface area contributed by atoms with Crippen LogP contribution in [0.4, 0.5) is 0 Å². The van der Waals surface area contributed by atoms with Crippen LogP contribution in [0.1, 0.15) is 44.7 Å². The van der Waals surface area contributed by atoms with Crippen LogP contribution in [-0.2, 0) is 0 Å². The third-order valence-electron chi connectivity index (χ3n) is 3.98. The van der Waals surface area contributed by atoms with Gasteiger partial charge >= 0.3 is 0 Å². The summed E-state index contributed by atoms with van der Waals surface area (Å²) in [7, 11) is 0. The van der Waals surface area contributed by atoms with Crippen LogP contribution in [0, 0.1) is 0 Å². The predicted molar refractivity (Wildman–Crippen MR) is 84.3 cm³/mol. The molecule has 1 aliphatic heterocycles. The number of piperazine rings is 1. The van der Waals surface area contributed by atoms with Gasteiger partial charge in [0.25, 0.3) is 0 Å². The van der Waals surface area contributed by atoms with Crippen LogP contribution in [0.25, 0.3) is 0 Å². The molecule has 3 heteroatoms. The lowest BCUT2D eigenvalue weighted by molar-refractivity contribution is 0.163. The molecule has 0 unspecified atom stereocenters. The van der Waals surface area contributed by atoms with E-state index in [0.717, 1.165) is 38.5 Å². The predicted octanol–water partition coefficient (Wildman–Crippen LogP) is 3.22. The summed E-state index contributed by atoms with van der Waals surface area (Å²) in [5.41, 5.74) is 1.41. The third kappa shape index (κ3) is 4.22. The fraction of sp³-hybridized carbons (Fsp3) is 0.647. The van der Waals surface area contributed by atoms with Gasteiger partial charge in [-0.05, 0) is 31.0 Å². The van der Waals surface area contributed by atoms with Crippen LogP contribution in [0.2, 0.25) is 0 Å². The van der Waals surface area contributed by atoms with Crippen LogP contribution in [0.3, 0.4) is 0 Å². The molecular weight excluding hydrogens is 248 g/mol. The van der Waals surface area contributed by atoms with Gasteiger partial charge < -0.3 is 10.1 Å². The van der Waals surface area contributed by atoms with Gasteiger partial charge in [0.1, 0.15) is 5.75 Å². The Balaban J connectivity index is 2.13. The number of hydrogen-bond acceptors (Lipinski definition) is 3. The summed E-state index contributed by atoms with van der Waals surface area (Å²) in [6.07, 6.45) is 3.78. The van der Waals surface area contributed by atoms with Gasteiger partial charge in [0.05, 0.1) is 6.61 Å². The minimum absolute atomic E-state index is 0.539. The van der Waals surface area contributed by atoms with Crippen LogP contribution in [0.15, 0.2) is 24.3 Å². The van der Waals surface area contributed by atoms with Crippen molar-refractivity contribution in [2.24, 2.45) is 0 Å². The van der Waals surface area contributed by atoms with E-state index in [2.05, 4.69) is 41.4 Å². The Morgan fingerprint density at radius 1 is 1.25 bits per heavy atom. The molecule has 0 bridgehead atoms. The van der Waals surface area contributed by atoms with E-state index >= 15 is 0 Å². The number of hydrogen-bond donors (Lipinski definition) is 1. The van der Waals surface area contributed by atoms with Crippen LogP contribution in [-0.4, -0.2) is 37.7 Å². The minimum Gasteiger partial charge on any atom is -0.494 e. The number of ether oxygens (including phenoxy) is 1. The molecular formula is C17H28N2O. The van der Waals surface area contributed by atoms with Gasteiger partial charge in [-0.15, -0.1) is 0 Å². The highest BCUT2D eigenvalue weighted by atomic mass is 16.5. The Morgan fingerprint density at radius 3 is 2.75 bits per heavy atom. The van der Waals surface area contributed by atoms with E-state index in [-0.39, 0.29) is 0 Å². The lowest BCUT2D eigenvalue weighted by Gasteiger charge is -2.35. The molecule has 1 aliphatic rings. The molecule has 112 valence electrons. The smallest absolute Gasteiger partial charge is 0.119 e. The Hall–Kier alpha value is -1.06. The molecule has 0 radical (unpaired) electrons. The third-order valence-corrected chi connectivity index (χ3v) is 3.98. The van der Waals surface area contributed by atoms with Crippen LogP contribution < -0.4 is 10.1 Å². The van der Waals surface area contributed by atoms with E-state index in [9.17, 15) is 0 Å². The van der Waals surface area contributed by atoms with Gasteiger partial charge in [-0.25, -0.2) is 0 Å². The summed E-state index contributed by atoms with van der Waals surface area (Å²) in [4.78, 5) is 2.62. The second-order valence-electron chi connectivity index (χ2n) is 5.45. The first-order chi connectivity index (χ1) is 9.85. The number of unbranched alkanes of at least 4 members (excludes halogenated alkanes) is 1. The monoisotopic (exact) mass is 276 g/mol. The van der Waals surface area contributed by atoms with Crippen molar-refractivity contribution in [2.45, 2.75) is 39.2 Å². The van der Waals surface area contributed by atoms with Crippen LogP contribution >= 0.6 is 0 Å². The molecule has 1 aromatic carbocycles. The standard InChI is InChI=1S/C17H28N2O/c1-3-5-9-17(19-12-10-18-11-13-19)15-7-6-8-16(14-15)20-4-2/h6-8,14,17-18H,3-5,9-13H2,1-2H3/t17-/m0/s1. The quantitative estimate of drug-likeness (QED) is 0.827. The van der Waals surface area contributed by atoms with Gasteiger partial charge in [0, 0.05) is 32.2 Å². The molecule has 1 fully saturated rings. The second-order valence-corrected chi connectivity index (χ2v) is 5.45. The molecule has 0 aliphatic carbocycles. The normalized spacial score (nSPS) is 17.9. The topological polar surface area (TPSA) is 24.5 Å². The van der Waals surface area contributed by atoms with Crippen molar-refractivity contribution in [3.63, 3.8) is 0 Å². The SMILES string of the molecule is CCCC[C@@H](c1cccc(OCC)c1)N1CCNCC1. The van der Waals surface area contributed by atoms with E-state index < -0.39 is 0 Å². The van der Waals surface area contributed by atoms with E-state index in [1.165, 1.54) is 24.8 Å².